The fraction of sp³-hybridized carbons (Fsp3) is 0.259. The molecule has 2 amide bonds. The number of fused-ring (bicyclic) bond motifs is 2. The minimum Gasteiger partial charge on any atom is -0.349 e. The molecule has 1 aliphatic heterocycles. The van der Waals surface area contributed by atoms with Crippen LogP contribution in [0.1, 0.15) is 38.8 Å². The van der Waals surface area contributed by atoms with Crippen LogP contribution in [0.3, 0.4) is 0 Å². The van der Waals surface area contributed by atoms with Crippen molar-refractivity contribution in [3.63, 3.8) is 0 Å². The van der Waals surface area contributed by atoms with Crippen molar-refractivity contribution in [1.29, 1.82) is 0 Å². The average Bonchev–Trinajstić information content (AvgIpc) is 3.37. The summed E-state index contributed by atoms with van der Waals surface area (Å²) in [6, 6.07) is 14.7. The number of para-hydroxylation sites is 1. The number of amides is 2. The van der Waals surface area contributed by atoms with Crippen LogP contribution in [-0.2, 0) is 0 Å². The van der Waals surface area contributed by atoms with Crippen molar-refractivity contribution in [1.82, 2.24) is 20.2 Å². The zero-order valence-corrected chi connectivity index (χ0v) is 20.2. The number of hydrogen-bond acceptors (Lipinski definition) is 5. The van der Waals surface area contributed by atoms with Crippen molar-refractivity contribution in [2.45, 2.75) is 31.8 Å². The third-order valence-corrected chi connectivity index (χ3v) is 7.91. The predicted molar refractivity (Wildman–Crippen MR) is 133 cm³/mol. The van der Waals surface area contributed by atoms with Crippen LogP contribution >= 0.6 is 11.3 Å². The molecule has 2 fully saturated rings. The lowest BCUT2D eigenvalue weighted by molar-refractivity contribution is 0.0684. The molecule has 1 N–H and O–H groups in total. The van der Waals surface area contributed by atoms with Gasteiger partial charge in [-0.3, -0.25) is 9.59 Å². The third-order valence-electron chi connectivity index (χ3n) is 6.89. The van der Waals surface area contributed by atoms with E-state index in [-0.39, 0.29) is 29.6 Å². The Hall–Kier alpha value is -3.72. The van der Waals surface area contributed by atoms with Crippen molar-refractivity contribution in [2.75, 3.05) is 6.54 Å². The summed E-state index contributed by atoms with van der Waals surface area (Å²) in [5.41, 5.74) is 1.73. The van der Waals surface area contributed by atoms with Crippen LogP contribution in [0.25, 0.3) is 21.3 Å². The first-order chi connectivity index (χ1) is 17.4. The summed E-state index contributed by atoms with van der Waals surface area (Å²) in [7, 11) is 0. The minimum absolute atomic E-state index is 0.109. The molecule has 1 saturated carbocycles. The van der Waals surface area contributed by atoms with Crippen LogP contribution in [0, 0.1) is 24.5 Å². The van der Waals surface area contributed by atoms with Gasteiger partial charge in [-0.15, -0.1) is 11.3 Å². The Balaban J connectivity index is 1.21. The molecular weight excluding hydrogens is 482 g/mol. The Morgan fingerprint density at radius 1 is 1.06 bits per heavy atom. The van der Waals surface area contributed by atoms with E-state index >= 15 is 0 Å². The maximum Gasteiger partial charge on any atom is 0.274 e. The van der Waals surface area contributed by atoms with Crippen molar-refractivity contribution < 1.29 is 18.4 Å². The first-order valence-electron chi connectivity index (χ1n) is 11.8. The SMILES string of the molecule is Cc1nc(C(=O)N2[C@H](CNC(=O)c3ccc4ccccc4n3)C[C@@H]3C[C@@H]32)c(-c2ccc(F)c(F)c2)s1. The highest BCUT2D eigenvalue weighted by atomic mass is 32.1. The predicted octanol–water partition coefficient (Wildman–Crippen LogP) is 4.98. The number of thiazole rings is 1. The van der Waals surface area contributed by atoms with Gasteiger partial charge < -0.3 is 10.2 Å². The quantitative estimate of drug-likeness (QED) is 0.416. The van der Waals surface area contributed by atoms with Gasteiger partial charge in [0.15, 0.2) is 11.6 Å². The maximum atomic E-state index is 13.9. The number of aryl methyl sites for hydroxylation is 1. The van der Waals surface area contributed by atoms with E-state index in [0.29, 0.717) is 33.6 Å². The molecule has 3 atom stereocenters. The van der Waals surface area contributed by atoms with Crippen molar-refractivity contribution in [2.24, 2.45) is 5.92 Å². The summed E-state index contributed by atoms with van der Waals surface area (Å²) in [4.78, 5) is 37.8. The van der Waals surface area contributed by atoms with Gasteiger partial charge in [-0.25, -0.2) is 18.7 Å². The van der Waals surface area contributed by atoms with Gasteiger partial charge in [-0.2, -0.15) is 0 Å². The molecule has 1 saturated heterocycles. The highest BCUT2D eigenvalue weighted by Crippen LogP contribution is 2.48. The van der Waals surface area contributed by atoms with Crippen LogP contribution in [0.5, 0.6) is 0 Å². The highest BCUT2D eigenvalue weighted by Gasteiger charge is 2.54. The van der Waals surface area contributed by atoms with Gasteiger partial charge in [0, 0.05) is 18.0 Å². The molecule has 0 radical (unpaired) electrons. The topological polar surface area (TPSA) is 75.2 Å². The number of likely N-dealkylation sites (tertiary alicyclic amines) is 1. The molecule has 9 heteroatoms. The second-order valence-electron chi connectivity index (χ2n) is 9.30. The molecule has 2 aromatic heterocycles. The number of nitrogens with one attached hydrogen (secondary N) is 1. The molecule has 1 aliphatic carbocycles. The monoisotopic (exact) mass is 504 g/mol. The number of halogens is 2. The van der Waals surface area contributed by atoms with Crippen molar-refractivity contribution in [3.8, 4) is 10.4 Å². The molecule has 6 nitrogen and oxygen atoms in total. The third kappa shape index (κ3) is 4.03. The van der Waals surface area contributed by atoms with Gasteiger partial charge in [-0.1, -0.05) is 30.3 Å². The molecule has 4 aromatic rings. The number of rotatable bonds is 5. The highest BCUT2D eigenvalue weighted by molar-refractivity contribution is 7.15. The zero-order chi connectivity index (χ0) is 25.0. The van der Waals surface area contributed by atoms with Crippen molar-refractivity contribution in [3.05, 3.63) is 82.6 Å². The minimum atomic E-state index is -0.969. The summed E-state index contributed by atoms with van der Waals surface area (Å²) >= 11 is 1.28. The molecule has 2 aromatic carbocycles. The van der Waals surface area contributed by atoms with Gasteiger partial charge in [0.05, 0.1) is 21.4 Å². The fourth-order valence-electron chi connectivity index (χ4n) is 5.08. The molecular formula is C27H22F2N4O2S. The fourth-order valence-corrected chi connectivity index (χ4v) is 5.99. The lowest BCUT2D eigenvalue weighted by Crippen LogP contribution is -2.45. The van der Waals surface area contributed by atoms with Crippen LogP contribution in [0.4, 0.5) is 8.78 Å². The summed E-state index contributed by atoms with van der Waals surface area (Å²) in [5.74, 6) is -2.04. The van der Waals surface area contributed by atoms with E-state index in [2.05, 4.69) is 15.3 Å². The van der Waals surface area contributed by atoms with E-state index in [4.69, 9.17) is 0 Å². The standard InChI is InChI=1S/C27H22F2N4O2S/c1-14-31-24(25(36-14)16-6-8-19(28)20(29)11-16)27(35)33-18(10-17-12-23(17)33)13-30-26(34)22-9-7-15-4-2-3-5-21(15)32-22/h2-9,11,17-18,23H,10,12-13H2,1H3,(H,30,34)/t17-,18+,23+/m1/s1. The lowest BCUT2D eigenvalue weighted by atomic mass is 10.1. The Bertz CT molecular complexity index is 1520. The van der Waals surface area contributed by atoms with Gasteiger partial charge in [0.2, 0.25) is 0 Å². The second-order valence-corrected chi connectivity index (χ2v) is 10.5. The first kappa shape index (κ1) is 22.7. The number of hydrogen-bond donors (Lipinski definition) is 1. The molecule has 36 heavy (non-hydrogen) atoms. The Kier molecular flexibility index (Phi) is 5.52. The number of benzene rings is 2. The largest absolute Gasteiger partial charge is 0.349 e. The molecule has 3 heterocycles. The summed E-state index contributed by atoms with van der Waals surface area (Å²) < 4.78 is 27.4. The number of nitrogens with zero attached hydrogens (tertiary/aromatic N) is 3. The molecule has 182 valence electrons. The van der Waals surface area contributed by atoms with E-state index in [1.54, 1.807) is 13.0 Å². The van der Waals surface area contributed by atoms with Gasteiger partial charge in [0.1, 0.15) is 11.4 Å². The number of carbonyl (C=O) groups excluding carboxylic acids is 2. The average molecular weight is 505 g/mol. The molecule has 0 spiro atoms. The number of pyridine rings is 1. The van der Waals surface area contributed by atoms with E-state index < -0.39 is 11.6 Å². The van der Waals surface area contributed by atoms with Crippen LogP contribution in [0.2, 0.25) is 0 Å². The summed E-state index contributed by atoms with van der Waals surface area (Å²) in [5, 5.41) is 4.56. The molecule has 6 rings (SSSR count). The van der Waals surface area contributed by atoms with Gasteiger partial charge in [-0.05, 0) is 55.5 Å². The number of carbonyl (C=O) groups is 2. The number of piperidine rings is 1. The summed E-state index contributed by atoms with van der Waals surface area (Å²) in [6.45, 7) is 2.08. The molecule has 0 unspecified atom stereocenters. The summed E-state index contributed by atoms with van der Waals surface area (Å²) in [6.07, 6.45) is 1.72. The van der Waals surface area contributed by atoms with Crippen LogP contribution < -0.4 is 5.32 Å². The Labute approximate surface area is 210 Å². The van der Waals surface area contributed by atoms with E-state index in [1.807, 2.05) is 35.2 Å². The van der Waals surface area contributed by atoms with Crippen molar-refractivity contribution >= 4 is 34.1 Å². The number of aromatic nitrogens is 2. The Morgan fingerprint density at radius 3 is 2.72 bits per heavy atom. The zero-order valence-electron chi connectivity index (χ0n) is 19.4. The van der Waals surface area contributed by atoms with Crippen LogP contribution in [-0.4, -0.2) is 45.3 Å². The Morgan fingerprint density at radius 2 is 1.89 bits per heavy atom. The first-order valence-corrected chi connectivity index (χ1v) is 12.6. The smallest absolute Gasteiger partial charge is 0.274 e. The molecule has 0 bridgehead atoms. The van der Waals surface area contributed by atoms with Gasteiger partial charge in [0.25, 0.3) is 11.8 Å². The van der Waals surface area contributed by atoms with E-state index in [9.17, 15) is 18.4 Å². The van der Waals surface area contributed by atoms with E-state index in [0.717, 1.165) is 35.9 Å². The maximum absolute atomic E-state index is 13.9. The normalized spacial score (nSPS) is 20.4. The second kappa shape index (κ2) is 8.74. The van der Waals surface area contributed by atoms with E-state index in [1.165, 1.54) is 17.4 Å². The lowest BCUT2D eigenvalue weighted by Gasteiger charge is -2.27. The van der Waals surface area contributed by atoms with Gasteiger partial charge >= 0.3 is 0 Å². The van der Waals surface area contributed by atoms with Crippen LogP contribution in [0.15, 0.2) is 54.6 Å². The molecule has 2 aliphatic rings.